The minimum atomic E-state index is 0.0271. The van der Waals surface area contributed by atoms with Crippen molar-refractivity contribution in [2.75, 3.05) is 0 Å². The van der Waals surface area contributed by atoms with Gasteiger partial charge >= 0.3 is 0 Å². The second kappa shape index (κ2) is 3.69. The summed E-state index contributed by atoms with van der Waals surface area (Å²) in [5, 5.41) is 0. The molecule has 0 amide bonds. The molecule has 3 heteroatoms. The van der Waals surface area contributed by atoms with Crippen molar-refractivity contribution in [1.29, 1.82) is 0 Å². The van der Waals surface area contributed by atoms with Gasteiger partial charge in [0.2, 0.25) is 0 Å². The summed E-state index contributed by atoms with van der Waals surface area (Å²) in [6.45, 7) is 1.94. The molecule has 0 saturated carbocycles. The summed E-state index contributed by atoms with van der Waals surface area (Å²) in [4.78, 5) is 0. The van der Waals surface area contributed by atoms with E-state index >= 15 is 0 Å². The van der Waals surface area contributed by atoms with Crippen LogP contribution in [0.25, 0.3) is 0 Å². The molecular weight excluding hydrogens is 180 g/mol. The molecule has 0 unspecified atom stereocenters. The second-order valence-corrected chi connectivity index (χ2v) is 3.04. The molecule has 0 heterocycles. The molecule has 0 aromatic heterocycles. The zero-order chi connectivity index (χ0) is 8.27. The Balaban J connectivity index is 2.86. The van der Waals surface area contributed by atoms with E-state index in [-0.39, 0.29) is 4.51 Å². The standard InChI is InChI=1S/C8H7ClOS/c1-6-4-2-3-5-7(6)10-8(9)11/h2-5H,1H3. The molecule has 0 bridgehead atoms. The van der Waals surface area contributed by atoms with Gasteiger partial charge in [-0.2, -0.15) is 0 Å². The minimum Gasteiger partial charge on any atom is -0.436 e. The van der Waals surface area contributed by atoms with E-state index in [2.05, 4.69) is 12.2 Å². The molecule has 1 aromatic carbocycles. The largest absolute Gasteiger partial charge is 0.436 e. The molecule has 0 N–H and O–H groups in total. The quantitative estimate of drug-likeness (QED) is 0.493. The number of halogens is 1. The lowest BCUT2D eigenvalue weighted by molar-refractivity contribution is 0.572. The van der Waals surface area contributed by atoms with Gasteiger partial charge in [0.1, 0.15) is 5.75 Å². The summed E-state index contributed by atoms with van der Waals surface area (Å²) in [7, 11) is 0. The second-order valence-electron chi connectivity index (χ2n) is 2.11. The molecule has 0 radical (unpaired) electrons. The first-order valence-electron chi connectivity index (χ1n) is 3.13. The van der Waals surface area contributed by atoms with E-state index in [0.717, 1.165) is 5.56 Å². The van der Waals surface area contributed by atoms with Crippen LogP contribution < -0.4 is 4.74 Å². The Labute approximate surface area is 75.9 Å². The average molecular weight is 187 g/mol. The number of para-hydroxylation sites is 1. The predicted octanol–water partition coefficient (Wildman–Crippen LogP) is 2.90. The van der Waals surface area contributed by atoms with Gasteiger partial charge in [-0.3, -0.25) is 0 Å². The van der Waals surface area contributed by atoms with Gasteiger partial charge in [0.05, 0.1) is 0 Å². The topological polar surface area (TPSA) is 9.23 Å². The Morgan fingerprint density at radius 3 is 2.64 bits per heavy atom. The van der Waals surface area contributed by atoms with Crippen molar-refractivity contribution in [3.05, 3.63) is 29.8 Å². The fourth-order valence-corrected chi connectivity index (χ4v) is 0.930. The number of thiocarbonyl (C=S) groups is 1. The Kier molecular flexibility index (Phi) is 2.85. The highest BCUT2D eigenvalue weighted by atomic mass is 35.5. The first-order chi connectivity index (χ1) is 5.20. The van der Waals surface area contributed by atoms with E-state index in [1.54, 1.807) is 0 Å². The van der Waals surface area contributed by atoms with Crippen LogP contribution in [0, 0.1) is 6.92 Å². The van der Waals surface area contributed by atoms with Crippen LogP contribution in [-0.2, 0) is 0 Å². The number of benzene rings is 1. The maximum absolute atomic E-state index is 5.39. The van der Waals surface area contributed by atoms with E-state index in [9.17, 15) is 0 Å². The molecule has 0 aliphatic rings. The van der Waals surface area contributed by atoms with Gasteiger partial charge in [0, 0.05) is 0 Å². The van der Waals surface area contributed by atoms with E-state index in [4.69, 9.17) is 16.3 Å². The Morgan fingerprint density at radius 2 is 2.09 bits per heavy atom. The number of rotatable bonds is 1. The van der Waals surface area contributed by atoms with Crippen LogP contribution in [0.1, 0.15) is 5.56 Å². The van der Waals surface area contributed by atoms with E-state index < -0.39 is 0 Å². The van der Waals surface area contributed by atoms with Crippen LogP contribution >= 0.6 is 23.8 Å². The fraction of sp³-hybridized carbons (Fsp3) is 0.125. The Morgan fingerprint density at radius 1 is 1.45 bits per heavy atom. The summed E-state index contributed by atoms with van der Waals surface area (Å²) >= 11 is 9.97. The molecule has 58 valence electrons. The molecule has 1 rings (SSSR count). The molecule has 1 nitrogen and oxygen atoms in total. The highest BCUT2D eigenvalue weighted by molar-refractivity contribution is 7.82. The zero-order valence-corrected chi connectivity index (χ0v) is 7.58. The molecule has 0 aliphatic heterocycles. The normalized spacial score (nSPS) is 9.27. The maximum atomic E-state index is 5.39. The third kappa shape index (κ3) is 2.48. The van der Waals surface area contributed by atoms with Crippen LogP contribution in [0.2, 0.25) is 0 Å². The van der Waals surface area contributed by atoms with Gasteiger partial charge < -0.3 is 4.74 Å². The average Bonchev–Trinajstić information content (AvgIpc) is 1.93. The fourth-order valence-electron chi connectivity index (χ4n) is 0.757. The summed E-state index contributed by atoms with van der Waals surface area (Å²) in [5.74, 6) is 0.715. The number of aryl methyl sites for hydroxylation is 1. The zero-order valence-electron chi connectivity index (χ0n) is 6.00. The van der Waals surface area contributed by atoms with Gasteiger partial charge in [-0.25, -0.2) is 0 Å². The summed E-state index contributed by atoms with van der Waals surface area (Å²) in [6.07, 6.45) is 0. The van der Waals surface area contributed by atoms with Gasteiger partial charge in [-0.1, -0.05) is 18.2 Å². The summed E-state index contributed by atoms with van der Waals surface area (Å²) in [5.41, 5.74) is 1.02. The number of hydrogen-bond donors (Lipinski definition) is 0. The van der Waals surface area contributed by atoms with Crippen LogP contribution in [0.3, 0.4) is 0 Å². The lowest BCUT2D eigenvalue weighted by atomic mass is 10.2. The van der Waals surface area contributed by atoms with E-state index in [1.807, 2.05) is 31.2 Å². The van der Waals surface area contributed by atoms with Crippen molar-refractivity contribution in [1.82, 2.24) is 0 Å². The van der Waals surface area contributed by atoms with Crippen molar-refractivity contribution >= 4 is 28.3 Å². The lowest BCUT2D eigenvalue weighted by Crippen LogP contribution is -1.96. The van der Waals surface area contributed by atoms with Gasteiger partial charge in [0.15, 0.2) is 0 Å². The van der Waals surface area contributed by atoms with Crippen LogP contribution in [0.4, 0.5) is 0 Å². The number of ether oxygens (including phenoxy) is 1. The highest BCUT2D eigenvalue weighted by Gasteiger charge is 1.98. The molecule has 0 atom stereocenters. The molecule has 0 spiro atoms. The van der Waals surface area contributed by atoms with Crippen LogP contribution in [0.15, 0.2) is 24.3 Å². The van der Waals surface area contributed by atoms with Crippen molar-refractivity contribution < 1.29 is 4.74 Å². The molecular formula is C8H7ClOS. The van der Waals surface area contributed by atoms with Gasteiger partial charge in [-0.05, 0) is 42.4 Å². The molecule has 0 fully saturated rings. The third-order valence-electron chi connectivity index (χ3n) is 1.28. The van der Waals surface area contributed by atoms with Gasteiger partial charge in [-0.15, -0.1) is 0 Å². The van der Waals surface area contributed by atoms with Crippen LogP contribution in [-0.4, -0.2) is 4.51 Å². The monoisotopic (exact) mass is 186 g/mol. The highest BCUT2D eigenvalue weighted by Crippen LogP contribution is 2.16. The Hall–Kier alpha value is -0.600. The van der Waals surface area contributed by atoms with E-state index in [0.29, 0.717) is 5.75 Å². The minimum absolute atomic E-state index is 0.0271. The summed E-state index contributed by atoms with van der Waals surface area (Å²) < 4.78 is 5.07. The maximum Gasteiger partial charge on any atom is 0.260 e. The first-order valence-corrected chi connectivity index (χ1v) is 3.91. The van der Waals surface area contributed by atoms with Crippen molar-refractivity contribution in [3.63, 3.8) is 0 Å². The number of hydrogen-bond acceptors (Lipinski definition) is 2. The third-order valence-corrected chi connectivity index (χ3v) is 1.44. The summed E-state index contributed by atoms with van der Waals surface area (Å²) in [6, 6.07) is 7.56. The molecule has 0 aliphatic carbocycles. The lowest BCUT2D eigenvalue weighted by Gasteiger charge is -2.03. The Bertz CT molecular complexity index is 273. The van der Waals surface area contributed by atoms with Crippen molar-refractivity contribution in [3.8, 4) is 5.75 Å². The van der Waals surface area contributed by atoms with Crippen molar-refractivity contribution in [2.45, 2.75) is 6.92 Å². The smallest absolute Gasteiger partial charge is 0.260 e. The van der Waals surface area contributed by atoms with Crippen molar-refractivity contribution in [2.24, 2.45) is 0 Å². The SMILES string of the molecule is Cc1ccccc1OC(=S)Cl. The first kappa shape index (κ1) is 8.50. The van der Waals surface area contributed by atoms with Gasteiger partial charge in [0.25, 0.3) is 4.51 Å². The molecule has 11 heavy (non-hydrogen) atoms. The molecule has 1 aromatic rings. The van der Waals surface area contributed by atoms with E-state index in [1.165, 1.54) is 0 Å². The predicted molar refractivity (Wildman–Crippen MR) is 50.3 cm³/mol. The molecule has 0 saturated heterocycles. The van der Waals surface area contributed by atoms with Crippen LogP contribution in [0.5, 0.6) is 5.75 Å².